The Labute approximate surface area is 135 Å². The van der Waals surface area contributed by atoms with E-state index in [0.29, 0.717) is 27.0 Å². The Morgan fingerprint density at radius 2 is 1.80 bits per heavy atom. The lowest BCUT2D eigenvalue weighted by Crippen LogP contribution is -2.14. The average Bonchev–Trinajstić information content (AvgIpc) is 2.33. The average molecular weight is 374 g/mol. The smallest absolute Gasteiger partial charge is 0.256 e. The van der Waals surface area contributed by atoms with Crippen LogP contribution < -0.4 is 11.1 Å². The number of nitrogens with two attached hydrogens (primary N) is 1. The Kier molecular flexibility index (Phi) is 4.58. The molecule has 6 heteroatoms. The Balaban J connectivity index is 2.33. The van der Waals surface area contributed by atoms with Crippen molar-refractivity contribution in [1.82, 2.24) is 0 Å². The fourth-order valence-electron chi connectivity index (χ4n) is 1.78. The van der Waals surface area contributed by atoms with Crippen LogP contribution in [0.1, 0.15) is 15.9 Å². The monoisotopic (exact) mass is 372 g/mol. The molecule has 3 N–H and O–H groups in total. The van der Waals surface area contributed by atoms with E-state index in [2.05, 4.69) is 21.2 Å². The summed E-state index contributed by atoms with van der Waals surface area (Å²) in [6.45, 7) is 1.82. The third-order valence-electron chi connectivity index (χ3n) is 2.74. The third-order valence-corrected chi connectivity index (χ3v) is 3.79. The van der Waals surface area contributed by atoms with E-state index in [1.807, 2.05) is 6.92 Å². The van der Waals surface area contributed by atoms with Crippen LogP contribution in [0, 0.1) is 6.92 Å². The summed E-state index contributed by atoms with van der Waals surface area (Å²) in [4.78, 5) is 12.3. The van der Waals surface area contributed by atoms with Crippen molar-refractivity contribution in [3.05, 3.63) is 56.0 Å². The number of benzene rings is 2. The number of aryl methyl sites for hydroxylation is 1. The van der Waals surface area contributed by atoms with Crippen molar-refractivity contribution < 1.29 is 4.79 Å². The summed E-state index contributed by atoms with van der Waals surface area (Å²) >= 11 is 15.4. The van der Waals surface area contributed by atoms with Crippen LogP contribution in [0.15, 0.2) is 34.8 Å². The van der Waals surface area contributed by atoms with Crippen LogP contribution in [0.25, 0.3) is 0 Å². The highest BCUT2D eigenvalue weighted by atomic mass is 79.9. The molecule has 1 amide bonds. The highest BCUT2D eigenvalue weighted by Gasteiger charge is 2.14. The van der Waals surface area contributed by atoms with Gasteiger partial charge in [0.05, 0.1) is 15.7 Å². The van der Waals surface area contributed by atoms with Gasteiger partial charge in [-0.3, -0.25) is 4.79 Å². The number of carbonyl (C=O) groups is 1. The van der Waals surface area contributed by atoms with Gasteiger partial charge in [0.15, 0.2) is 0 Å². The molecule has 2 aromatic rings. The van der Waals surface area contributed by atoms with Crippen molar-refractivity contribution in [1.29, 1.82) is 0 Å². The molecule has 2 rings (SSSR count). The first-order valence-corrected chi connectivity index (χ1v) is 7.25. The van der Waals surface area contributed by atoms with Gasteiger partial charge in [-0.15, -0.1) is 0 Å². The molecule has 0 saturated heterocycles. The zero-order chi connectivity index (χ0) is 14.9. The van der Waals surface area contributed by atoms with E-state index < -0.39 is 0 Å². The maximum Gasteiger partial charge on any atom is 0.256 e. The van der Waals surface area contributed by atoms with Crippen molar-refractivity contribution in [2.45, 2.75) is 6.92 Å². The van der Waals surface area contributed by atoms with E-state index in [-0.39, 0.29) is 5.91 Å². The molecule has 0 unspecified atom stereocenters. The first kappa shape index (κ1) is 15.2. The molecule has 0 atom stereocenters. The van der Waals surface area contributed by atoms with Gasteiger partial charge in [-0.05, 0) is 42.8 Å². The molecule has 3 nitrogen and oxygen atoms in total. The molecule has 0 radical (unpaired) electrons. The molecule has 0 fully saturated rings. The molecule has 20 heavy (non-hydrogen) atoms. The fraction of sp³-hybridized carbons (Fsp3) is 0.0714. The fourth-order valence-corrected chi connectivity index (χ4v) is 3.09. The van der Waals surface area contributed by atoms with Gasteiger partial charge in [0.25, 0.3) is 5.91 Å². The minimum absolute atomic E-state index is 0.284. The van der Waals surface area contributed by atoms with Crippen LogP contribution >= 0.6 is 39.1 Å². The quantitative estimate of drug-likeness (QED) is 0.735. The number of rotatable bonds is 2. The van der Waals surface area contributed by atoms with E-state index in [1.54, 1.807) is 30.3 Å². The Morgan fingerprint density at radius 3 is 2.35 bits per heavy atom. The summed E-state index contributed by atoms with van der Waals surface area (Å²) in [5, 5.41) is 3.45. The van der Waals surface area contributed by atoms with Crippen LogP contribution in [0.4, 0.5) is 11.4 Å². The highest BCUT2D eigenvalue weighted by Crippen LogP contribution is 2.34. The van der Waals surface area contributed by atoms with Crippen LogP contribution in [-0.4, -0.2) is 5.91 Å². The maximum atomic E-state index is 12.3. The summed E-state index contributed by atoms with van der Waals surface area (Å²) in [5.74, 6) is -0.284. The lowest BCUT2D eigenvalue weighted by atomic mass is 10.1. The number of hydrogen-bond donors (Lipinski definition) is 2. The molecular weight excluding hydrogens is 363 g/mol. The van der Waals surface area contributed by atoms with E-state index in [1.165, 1.54) is 0 Å². The minimum Gasteiger partial charge on any atom is -0.399 e. The van der Waals surface area contributed by atoms with E-state index in [4.69, 9.17) is 28.9 Å². The molecule has 0 aliphatic rings. The van der Waals surface area contributed by atoms with Gasteiger partial charge in [0, 0.05) is 15.7 Å². The molecule has 0 heterocycles. The van der Waals surface area contributed by atoms with Gasteiger partial charge >= 0.3 is 0 Å². The zero-order valence-corrected chi connectivity index (χ0v) is 13.6. The van der Waals surface area contributed by atoms with Gasteiger partial charge in [0.2, 0.25) is 0 Å². The molecule has 104 valence electrons. The summed E-state index contributed by atoms with van der Waals surface area (Å²) in [6, 6.07) is 8.41. The van der Waals surface area contributed by atoms with Gasteiger partial charge in [-0.2, -0.15) is 0 Å². The zero-order valence-electron chi connectivity index (χ0n) is 10.5. The predicted octanol–water partition coefficient (Wildman–Crippen LogP) is 4.90. The number of nitrogens with one attached hydrogen (secondary N) is 1. The SMILES string of the molecule is Cc1cc(N)ccc1C(=O)Nc1c(Cl)cc(Br)cc1Cl. The summed E-state index contributed by atoms with van der Waals surface area (Å²) < 4.78 is 0.745. The second-order valence-corrected chi connectivity index (χ2v) is 6.00. The first-order chi connectivity index (χ1) is 9.38. The normalized spacial score (nSPS) is 10.4. The molecular formula is C14H11BrCl2N2O. The molecule has 0 aliphatic heterocycles. The van der Waals surface area contributed by atoms with Crippen LogP contribution in [0.5, 0.6) is 0 Å². The Hall–Kier alpha value is -1.23. The van der Waals surface area contributed by atoms with E-state index in [9.17, 15) is 4.79 Å². The largest absolute Gasteiger partial charge is 0.399 e. The van der Waals surface area contributed by atoms with Gasteiger partial charge in [-0.25, -0.2) is 0 Å². The molecule has 2 aromatic carbocycles. The second kappa shape index (κ2) is 6.04. The minimum atomic E-state index is -0.284. The van der Waals surface area contributed by atoms with Gasteiger partial charge in [0.1, 0.15) is 0 Å². The summed E-state index contributed by atoms with van der Waals surface area (Å²) in [5.41, 5.74) is 7.97. The van der Waals surface area contributed by atoms with E-state index in [0.717, 1.165) is 10.0 Å². The van der Waals surface area contributed by atoms with Crippen molar-refractivity contribution in [3.63, 3.8) is 0 Å². The maximum absolute atomic E-state index is 12.3. The van der Waals surface area contributed by atoms with Crippen molar-refractivity contribution in [2.75, 3.05) is 11.1 Å². The molecule has 0 bridgehead atoms. The number of amides is 1. The molecule has 0 saturated carbocycles. The van der Waals surface area contributed by atoms with Crippen molar-refractivity contribution in [2.24, 2.45) is 0 Å². The van der Waals surface area contributed by atoms with Crippen LogP contribution in [0.3, 0.4) is 0 Å². The van der Waals surface area contributed by atoms with Gasteiger partial charge in [-0.1, -0.05) is 39.1 Å². The standard InChI is InChI=1S/C14H11BrCl2N2O/c1-7-4-9(18)2-3-10(7)14(20)19-13-11(16)5-8(15)6-12(13)17/h2-6H,18H2,1H3,(H,19,20). The highest BCUT2D eigenvalue weighted by molar-refractivity contribution is 9.10. The topological polar surface area (TPSA) is 55.1 Å². The summed E-state index contributed by atoms with van der Waals surface area (Å²) in [6.07, 6.45) is 0. The van der Waals surface area contributed by atoms with E-state index >= 15 is 0 Å². The molecule has 0 aliphatic carbocycles. The first-order valence-electron chi connectivity index (χ1n) is 5.70. The number of anilines is 2. The number of hydrogen-bond acceptors (Lipinski definition) is 2. The van der Waals surface area contributed by atoms with Crippen LogP contribution in [-0.2, 0) is 0 Å². The Morgan fingerprint density at radius 1 is 1.20 bits per heavy atom. The second-order valence-electron chi connectivity index (χ2n) is 4.27. The van der Waals surface area contributed by atoms with Crippen molar-refractivity contribution in [3.8, 4) is 0 Å². The van der Waals surface area contributed by atoms with Gasteiger partial charge < -0.3 is 11.1 Å². The lowest BCUT2D eigenvalue weighted by molar-refractivity contribution is 0.102. The predicted molar refractivity (Wildman–Crippen MR) is 87.7 cm³/mol. The molecule has 0 aromatic heterocycles. The van der Waals surface area contributed by atoms with Crippen LogP contribution in [0.2, 0.25) is 10.0 Å². The molecule has 0 spiro atoms. The van der Waals surface area contributed by atoms with Crippen molar-refractivity contribution >= 4 is 56.4 Å². The lowest BCUT2D eigenvalue weighted by Gasteiger charge is -2.11. The third kappa shape index (κ3) is 3.26. The summed E-state index contributed by atoms with van der Waals surface area (Å²) in [7, 11) is 0. The Bertz CT molecular complexity index is 666. The number of nitrogen functional groups attached to an aromatic ring is 1. The number of carbonyl (C=O) groups excluding carboxylic acids is 1. The number of halogens is 3.